The van der Waals surface area contributed by atoms with Gasteiger partial charge in [0, 0.05) is 17.1 Å². The summed E-state index contributed by atoms with van der Waals surface area (Å²) in [5.74, 6) is -0.966. The van der Waals surface area contributed by atoms with E-state index in [0.29, 0.717) is 0 Å². The first kappa shape index (κ1) is 15.7. The molecular formula is C18H16BrNO3. The van der Waals surface area contributed by atoms with Gasteiger partial charge in [-0.15, -0.1) is 0 Å². The SMILES string of the molecule is COC(=O)[C@H]1c2ccccc2N(C(C)=O)[C@@H]1c1ccc(Br)cc1. The van der Waals surface area contributed by atoms with Crippen LogP contribution in [0.2, 0.25) is 0 Å². The fourth-order valence-electron chi connectivity index (χ4n) is 3.19. The summed E-state index contributed by atoms with van der Waals surface area (Å²) >= 11 is 3.41. The van der Waals surface area contributed by atoms with Crippen molar-refractivity contribution in [2.75, 3.05) is 12.0 Å². The summed E-state index contributed by atoms with van der Waals surface area (Å²) in [4.78, 5) is 26.4. The number of halogens is 1. The number of anilines is 1. The molecule has 2 aromatic rings. The Hall–Kier alpha value is -2.14. The molecule has 0 radical (unpaired) electrons. The van der Waals surface area contributed by atoms with E-state index in [2.05, 4.69) is 15.9 Å². The molecule has 1 aliphatic rings. The number of methoxy groups -OCH3 is 1. The van der Waals surface area contributed by atoms with E-state index in [0.717, 1.165) is 21.3 Å². The lowest BCUT2D eigenvalue weighted by Crippen LogP contribution is -2.33. The Morgan fingerprint density at radius 2 is 1.74 bits per heavy atom. The van der Waals surface area contributed by atoms with Crippen LogP contribution in [0.1, 0.15) is 30.0 Å². The molecule has 0 saturated heterocycles. The van der Waals surface area contributed by atoms with Crippen LogP contribution >= 0.6 is 15.9 Å². The maximum atomic E-state index is 12.4. The molecule has 118 valence electrons. The lowest BCUT2D eigenvalue weighted by Gasteiger charge is -2.27. The van der Waals surface area contributed by atoms with E-state index in [4.69, 9.17) is 4.74 Å². The monoisotopic (exact) mass is 373 g/mol. The van der Waals surface area contributed by atoms with Crippen molar-refractivity contribution in [3.8, 4) is 0 Å². The van der Waals surface area contributed by atoms with Gasteiger partial charge in [0.15, 0.2) is 0 Å². The molecule has 3 rings (SSSR count). The number of rotatable bonds is 2. The Bertz CT molecular complexity index is 757. The molecule has 0 spiro atoms. The molecule has 2 atom stereocenters. The number of hydrogen-bond donors (Lipinski definition) is 0. The first-order valence-corrected chi connectivity index (χ1v) is 8.06. The number of benzene rings is 2. The quantitative estimate of drug-likeness (QED) is 0.751. The van der Waals surface area contributed by atoms with E-state index in [1.54, 1.807) is 4.90 Å². The highest BCUT2D eigenvalue weighted by Gasteiger charge is 2.45. The lowest BCUT2D eigenvalue weighted by molar-refractivity contribution is -0.142. The summed E-state index contributed by atoms with van der Waals surface area (Å²) in [7, 11) is 1.38. The van der Waals surface area contributed by atoms with Crippen LogP contribution in [-0.4, -0.2) is 19.0 Å². The van der Waals surface area contributed by atoms with E-state index in [1.807, 2.05) is 48.5 Å². The largest absolute Gasteiger partial charge is 0.468 e. The summed E-state index contributed by atoms with van der Waals surface area (Å²) in [5, 5.41) is 0. The minimum absolute atomic E-state index is 0.100. The molecule has 0 aliphatic carbocycles. The summed E-state index contributed by atoms with van der Waals surface area (Å²) in [5.41, 5.74) is 2.49. The number of esters is 1. The fourth-order valence-corrected chi connectivity index (χ4v) is 3.45. The Morgan fingerprint density at radius 1 is 1.09 bits per heavy atom. The molecule has 0 unspecified atom stereocenters. The van der Waals surface area contributed by atoms with Gasteiger partial charge >= 0.3 is 5.97 Å². The van der Waals surface area contributed by atoms with Crippen molar-refractivity contribution >= 4 is 33.5 Å². The maximum Gasteiger partial charge on any atom is 0.315 e. The molecule has 0 bridgehead atoms. The summed E-state index contributed by atoms with van der Waals surface area (Å²) < 4.78 is 5.95. The van der Waals surface area contributed by atoms with E-state index in [9.17, 15) is 9.59 Å². The minimum atomic E-state index is -0.527. The highest BCUT2D eigenvalue weighted by Crippen LogP contribution is 2.49. The zero-order valence-electron chi connectivity index (χ0n) is 12.8. The third-order valence-corrected chi connectivity index (χ3v) is 4.66. The van der Waals surface area contributed by atoms with E-state index in [-0.39, 0.29) is 11.9 Å². The molecule has 0 saturated carbocycles. The van der Waals surface area contributed by atoms with Gasteiger partial charge in [-0.3, -0.25) is 9.59 Å². The van der Waals surface area contributed by atoms with Crippen LogP contribution in [-0.2, 0) is 14.3 Å². The highest BCUT2D eigenvalue weighted by atomic mass is 79.9. The van der Waals surface area contributed by atoms with Crippen molar-refractivity contribution in [2.24, 2.45) is 0 Å². The molecule has 23 heavy (non-hydrogen) atoms. The van der Waals surface area contributed by atoms with Crippen LogP contribution in [0.5, 0.6) is 0 Å². The molecule has 5 heteroatoms. The predicted molar refractivity (Wildman–Crippen MR) is 91.2 cm³/mol. The van der Waals surface area contributed by atoms with Crippen molar-refractivity contribution in [3.63, 3.8) is 0 Å². The van der Waals surface area contributed by atoms with E-state index < -0.39 is 12.0 Å². The van der Waals surface area contributed by atoms with Crippen LogP contribution in [0.4, 0.5) is 5.69 Å². The smallest absolute Gasteiger partial charge is 0.315 e. The normalized spacial score (nSPS) is 19.3. The van der Waals surface area contributed by atoms with Gasteiger partial charge in [0.05, 0.1) is 13.2 Å². The van der Waals surface area contributed by atoms with Gasteiger partial charge in [0.1, 0.15) is 5.92 Å². The van der Waals surface area contributed by atoms with Crippen molar-refractivity contribution in [2.45, 2.75) is 18.9 Å². The Balaban J connectivity index is 2.19. The minimum Gasteiger partial charge on any atom is -0.468 e. The van der Waals surface area contributed by atoms with Crippen LogP contribution in [0.25, 0.3) is 0 Å². The zero-order chi connectivity index (χ0) is 16.6. The zero-order valence-corrected chi connectivity index (χ0v) is 14.4. The second-order valence-corrected chi connectivity index (χ2v) is 6.36. The number of nitrogens with zero attached hydrogens (tertiary/aromatic N) is 1. The number of para-hydroxylation sites is 1. The summed E-state index contributed by atoms with van der Waals surface area (Å²) in [6.45, 7) is 1.52. The molecule has 0 fully saturated rings. The first-order chi connectivity index (χ1) is 11.0. The second kappa shape index (κ2) is 6.16. The van der Waals surface area contributed by atoms with Gasteiger partial charge in [-0.2, -0.15) is 0 Å². The van der Waals surface area contributed by atoms with Gasteiger partial charge in [-0.25, -0.2) is 0 Å². The predicted octanol–water partition coefficient (Wildman–Crippen LogP) is 3.81. The Labute approximate surface area is 143 Å². The molecule has 0 aromatic heterocycles. The second-order valence-electron chi connectivity index (χ2n) is 5.45. The first-order valence-electron chi connectivity index (χ1n) is 7.26. The Morgan fingerprint density at radius 3 is 2.35 bits per heavy atom. The average molecular weight is 374 g/mol. The third kappa shape index (κ3) is 2.65. The van der Waals surface area contributed by atoms with Gasteiger partial charge < -0.3 is 9.64 Å². The van der Waals surface area contributed by atoms with E-state index >= 15 is 0 Å². The lowest BCUT2D eigenvalue weighted by atomic mass is 9.90. The highest BCUT2D eigenvalue weighted by molar-refractivity contribution is 9.10. The molecule has 0 N–H and O–H groups in total. The molecular weight excluding hydrogens is 358 g/mol. The number of carbonyl (C=O) groups excluding carboxylic acids is 2. The molecule has 4 nitrogen and oxygen atoms in total. The molecule has 1 aliphatic heterocycles. The van der Waals surface area contributed by atoms with Crippen LogP contribution in [0, 0.1) is 0 Å². The number of fused-ring (bicyclic) bond motifs is 1. The standard InChI is InChI=1S/C18H16BrNO3/c1-11(21)20-15-6-4-3-5-14(15)16(18(22)23-2)17(20)12-7-9-13(19)10-8-12/h3-10,16-17H,1-2H3/t16-,17+/m0/s1. The van der Waals surface area contributed by atoms with Gasteiger partial charge in [0.25, 0.3) is 0 Å². The van der Waals surface area contributed by atoms with Crippen molar-refractivity contribution in [1.29, 1.82) is 0 Å². The number of carbonyl (C=O) groups is 2. The molecule has 1 amide bonds. The third-order valence-electron chi connectivity index (χ3n) is 4.13. The molecule has 2 aromatic carbocycles. The van der Waals surface area contributed by atoms with Crippen molar-refractivity contribution in [3.05, 3.63) is 64.1 Å². The van der Waals surface area contributed by atoms with Crippen molar-refractivity contribution < 1.29 is 14.3 Å². The fraction of sp³-hybridized carbons (Fsp3) is 0.222. The van der Waals surface area contributed by atoms with Crippen LogP contribution < -0.4 is 4.90 Å². The molecule has 1 heterocycles. The summed E-state index contributed by atoms with van der Waals surface area (Å²) in [6, 6.07) is 14.8. The maximum absolute atomic E-state index is 12.4. The van der Waals surface area contributed by atoms with E-state index in [1.165, 1.54) is 14.0 Å². The van der Waals surface area contributed by atoms with Crippen LogP contribution in [0.15, 0.2) is 53.0 Å². The topological polar surface area (TPSA) is 46.6 Å². The van der Waals surface area contributed by atoms with Gasteiger partial charge in [-0.05, 0) is 29.3 Å². The Kier molecular flexibility index (Phi) is 4.22. The summed E-state index contributed by atoms with van der Waals surface area (Å²) in [6.07, 6.45) is 0. The van der Waals surface area contributed by atoms with Crippen molar-refractivity contribution in [1.82, 2.24) is 0 Å². The number of hydrogen-bond acceptors (Lipinski definition) is 3. The van der Waals surface area contributed by atoms with Gasteiger partial charge in [-0.1, -0.05) is 46.3 Å². The number of amides is 1. The number of ether oxygens (including phenoxy) is 1. The van der Waals surface area contributed by atoms with Crippen LogP contribution in [0.3, 0.4) is 0 Å². The average Bonchev–Trinajstić information content (AvgIpc) is 2.90. The van der Waals surface area contributed by atoms with Gasteiger partial charge in [0.2, 0.25) is 5.91 Å².